The van der Waals surface area contributed by atoms with Gasteiger partial charge in [-0.3, -0.25) is 4.90 Å². The highest BCUT2D eigenvalue weighted by atomic mass is 15.2. The van der Waals surface area contributed by atoms with E-state index in [9.17, 15) is 0 Å². The Labute approximate surface area is 116 Å². The average molecular weight is 259 g/mol. The predicted molar refractivity (Wildman–Crippen MR) is 79.3 cm³/mol. The molecule has 1 aromatic heterocycles. The zero-order valence-corrected chi connectivity index (χ0v) is 11.9. The van der Waals surface area contributed by atoms with Gasteiger partial charge >= 0.3 is 0 Å². The maximum absolute atomic E-state index is 4.61. The van der Waals surface area contributed by atoms with Crippen molar-refractivity contribution >= 4 is 5.82 Å². The monoisotopic (exact) mass is 259 g/mol. The molecule has 2 aliphatic rings. The van der Waals surface area contributed by atoms with E-state index in [0.717, 1.165) is 5.82 Å². The second kappa shape index (κ2) is 5.91. The molecule has 1 saturated heterocycles. The van der Waals surface area contributed by atoms with E-state index in [2.05, 4.69) is 34.4 Å². The molecule has 19 heavy (non-hydrogen) atoms. The Kier molecular flexibility index (Phi) is 4.02. The van der Waals surface area contributed by atoms with Gasteiger partial charge in [0.2, 0.25) is 0 Å². The summed E-state index contributed by atoms with van der Waals surface area (Å²) < 4.78 is 0. The van der Waals surface area contributed by atoms with Gasteiger partial charge in [-0.15, -0.1) is 0 Å². The normalized spacial score (nSPS) is 25.6. The van der Waals surface area contributed by atoms with Crippen molar-refractivity contribution < 1.29 is 0 Å². The van der Waals surface area contributed by atoms with Crippen LogP contribution in [0.1, 0.15) is 56.6 Å². The lowest BCUT2D eigenvalue weighted by molar-refractivity contribution is 0.317. The van der Waals surface area contributed by atoms with E-state index in [1.807, 2.05) is 6.20 Å². The summed E-state index contributed by atoms with van der Waals surface area (Å²) in [5, 5.41) is 3.71. The van der Waals surface area contributed by atoms with Crippen LogP contribution in [-0.2, 0) is 0 Å². The Morgan fingerprint density at radius 2 is 2.00 bits per heavy atom. The summed E-state index contributed by atoms with van der Waals surface area (Å²) in [5.74, 6) is 1.13. The maximum Gasteiger partial charge on any atom is 0.130 e. The summed E-state index contributed by atoms with van der Waals surface area (Å²) in [6.07, 6.45) is 11.2. The molecule has 2 heterocycles. The molecule has 2 fully saturated rings. The van der Waals surface area contributed by atoms with Gasteiger partial charge in [-0.05, 0) is 45.3 Å². The Bertz CT molecular complexity index is 412. The Hall–Kier alpha value is -1.09. The SMILES string of the molecule is CN1CCC[C@@H]1c1cccnc1NC1CCCCC1. The molecule has 0 bridgehead atoms. The summed E-state index contributed by atoms with van der Waals surface area (Å²) in [6, 6.07) is 5.52. The van der Waals surface area contributed by atoms with E-state index >= 15 is 0 Å². The largest absolute Gasteiger partial charge is 0.367 e. The molecule has 104 valence electrons. The fourth-order valence-corrected chi connectivity index (χ4v) is 3.55. The zero-order chi connectivity index (χ0) is 13.1. The number of anilines is 1. The highest BCUT2D eigenvalue weighted by Gasteiger charge is 2.26. The van der Waals surface area contributed by atoms with E-state index in [4.69, 9.17) is 0 Å². The van der Waals surface area contributed by atoms with Gasteiger partial charge in [0.05, 0.1) is 0 Å². The molecule has 1 aliphatic heterocycles. The first-order valence-corrected chi connectivity index (χ1v) is 7.76. The number of likely N-dealkylation sites (tertiary alicyclic amines) is 1. The number of nitrogens with one attached hydrogen (secondary N) is 1. The van der Waals surface area contributed by atoms with Crippen molar-refractivity contribution in [3.05, 3.63) is 23.9 Å². The van der Waals surface area contributed by atoms with Gasteiger partial charge in [0.15, 0.2) is 0 Å². The maximum atomic E-state index is 4.61. The predicted octanol–water partition coefficient (Wildman–Crippen LogP) is 3.59. The number of aromatic nitrogens is 1. The van der Waals surface area contributed by atoms with Crippen LogP contribution < -0.4 is 5.32 Å². The molecule has 0 unspecified atom stereocenters. The number of pyridine rings is 1. The molecule has 0 amide bonds. The molecular formula is C16H25N3. The van der Waals surface area contributed by atoms with Crippen LogP contribution >= 0.6 is 0 Å². The molecule has 3 nitrogen and oxygen atoms in total. The molecule has 3 heteroatoms. The fourth-order valence-electron chi connectivity index (χ4n) is 3.55. The van der Waals surface area contributed by atoms with Crippen LogP contribution in [0.2, 0.25) is 0 Å². The summed E-state index contributed by atoms with van der Waals surface area (Å²) >= 11 is 0. The number of rotatable bonds is 3. The average Bonchev–Trinajstić information content (AvgIpc) is 2.87. The first kappa shape index (κ1) is 12.9. The van der Waals surface area contributed by atoms with Crippen molar-refractivity contribution in [2.75, 3.05) is 18.9 Å². The molecule has 0 aromatic carbocycles. The molecule has 0 spiro atoms. The Balaban J connectivity index is 1.76. The van der Waals surface area contributed by atoms with E-state index in [1.54, 1.807) is 0 Å². The van der Waals surface area contributed by atoms with Gasteiger partial charge in [0.25, 0.3) is 0 Å². The first-order valence-electron chi connectivity index (χ1n) is 7.76. The summed E-state index contributed by atoms with van der Waals surface area (Å²) in [7, 11) is 2.23. The van der Waals surface area contributed by atoms with E-state index in [1.165, 1.54) is 57.1 Å². The second-order valence-electron chi connectivity index (χ2n) is 6.06. The number of hydrogen-bond donors (Lipinski definition) is 1. The minimum absolute atomic E-state index is 0.555. The smallest absolute Gasteiger partial charge is 0.130 e. The van der Waals surface area contributed by atoms with Gasteiger partial charge in [-0.1, -0.05) is 25.3 Å². The van der Waals surface area contributed by atoms with E-state index in [0.29, 0.717) is 12.1 Å². The third-order valence-electron chi connectivity index (χ3n) is 4.66. The quantitative estimate of drug-likeness (QED) is 0.899. The molecule has 1 saturated carbocycles. The molecular weight excluding hydrogens is 234 g/mol. The lowest BCUT2D eigenvalue weighted by Gasteiger charge is -2.27. The van der Waals surface area contributed by atoms with Gasteiger partial charge < -0.3 is 5.32 Å². The fraction of sp³-hybridized carbons (Fsp3) is 0.688. The topological polar surface area (TPSA) is 28.2 Å². The Morgan fingerprint density at radius 3 is 2.74 bits per heavy atom. The molecule has 0 radical (unpaired) electrons. The van der Waals surface area contributed by atoms with E-state index < -0.39 is 0 Å². The molecule has 1 atom stereocenters. The van der Waals surface area contributed by atoms with Crippen LogP contribution in [0.25, 0.3) is 0 Å². The van der Waals surface area contributed by atoms with Crippen molar-refractivity contribution in [1.82, 2.24) is 9.88 Å². The van der Waals surface area contributed by atoms with Crippen LogP contribution in [0.4, 0.5) is 5.82 Å². The number of hydrogen-bond acceptors (Lipinski definition) is 3. The lowest BCUT2D eigenvalue weighted by atomic mass is 9.95. The van der Waals surface area contributed by atoms with Crippen LogP contribution in [0.5, 0.6) is 0 Å². The van der Waals surface area contributed by atoms with Crippen LogP contribution in [-0.4, -0.2) is 29.5 Å². The third kappa shape index (κ3) is 2.92. The minimum Gasteiger partial charge on any atom is -0.367 e. The first-order chi connectivity index (χ1) is 9.34. The van der Waals surface area contributed by atoms with Crippen LogP contribution in [0.15, 0.2) is 18.3 Å². The summed E-state index contributed by atoms with van der Waals surface area (Å²) in [6.45, 7) is 1.21. The minimum atomic E-state index is 0.555. The van der Waals surface area contributed by atoms with Gasteiger partial charge in [0, 0.05) is 23.8 Å². The van der Waals surface area contributed by atoms with Gasteiger partial charge in [0.1, 0.15) is 5.82 Å². The standard InChI is InChI=1S/C16H25N3/c1-19-12-6-10-15(19)14-9-5-11-17-16(14)18-13-7-3-2-4-8-13/h5,9,11,13,15H,2-4,6-8,10,12H2,1H3,(H,17,18)/t15-/m1/s1. The van der Waals surface area contributed by atoms with Crippen molar-refractivity contribution in [2.45, 2.75) is 57.0 Å². The van der Waals surface area contributed by atoms with Crippen molar-refractivity contribution in [2.24, 2.45) is 0 Å². The summed E-state index contributed by atoms with van der Waals surface area (Å²) in [4.78, 5) is 7.08. The molecule has 1 aliphatic carbocycles. The lowest BCUT2D eigenvalue weighted by Crippen LogP contribution is -2.25. The van der Waals surface area contributed by atoms with Crippen molar-refractivity contribution in [3.63, 3.8) is 0 Å². The van der Waals surface area contributed by atoms with Crippen molar-refractivity contribution in [3.8, 4) is 0 Å². The second-order valence-corrected chi connectivity index (χ2v) is 6.06. The molecule has 3 rings (SSSR count). The van der Waals surface area contributed by atoms with E-state index in [-0.39, 0.29) is 0 Å². The molecule has 1 aromatic rings. The highest BCUT2D eigenvalue weighted by molar-refractivity contribution is 5.46. The highest BCUT2D eigenvalue weighted by Crippen LogP contribution is 2.34. The Morgan fingerprint density at radius 1 is 1.16 bits per heavy atom. The zero-order valence-electron chi connectivity index (χ0n) is 11.9. The van der Waals surface area contributed by atoms with Crippen LogP contribution in [0.3, 0.4) is 0 Å². The molecule has 1 N–H and O–H groups in total. The summed E-state index contributed by atoms with van der Waals surface area (Å²) in [5.41, 5.74) is 1.40. The van der Waals surface area contributed by atoms with Gasteiger partial charge in [-0.2, -0.15) is 0 Å². The van der Waals surface area contributed by atoms with Crippen molar-refractivity contribution in [1.29, 1.82) is 0 Å². The van der Waals surface area contributed by atoms with Gasteiger partial charge in [-0.25, -0.2) is 4.98 Å². The van der Waals surface area contributed by atoms with Crippen LogP contribution in [0, 0.1) is 0 Å². The number of nitrogens with zero attached hydrogens (tertiary/aromatic N) is 2. The third-order valence-corrected chi connectivity index (χ3v) is 4.66.